The van der Waals surface area contributed by atoms with E-state index in [0.29, 0.717) is 11.4 Å². The molecule has 0 aromatic rings. The Kier molecular flexibility index (Phi) is 13.9. The Morgan fingerprint density at radius 3 is 1.89 bits per heavy atom. The van der Waals surface area contributed by atoms with Crippen molar-refractivity contribution in [3.05, 3.63) is 5.21 Å². The fourth-order valence-corrected chi connectivity index (χ4v) is 1.94. The van der Waals surface area contributed by atoms with Crippen molar-refractivity contribution in [2.75, 3.05) is 19.7 Å². The number of hydrogen-bond acceptors (Lipinski definition) is 3. The molecule has 0 rings (SSSR count). The van der Waals surface area contributed by atoms with Crippen molar-refractivity contribution >= 4 is 0 Å². The van der Waals surface area contributed by atoms with E-state index in [9.17, 15) is 5.21 Å². The molecule has 0 radical (unpaired) electrons. The van der Waals surface area contributed by atoms with Crippen molar-refractivity contribution in [2.24, 2.45) is 5.11 Å². The number of hydroxylamine groups is 1. The number of nitrogens with zero attached hydrogens (tertiary/aromatic N) is 2. The summed E-state index contributed by atoms with van der Waals surface area (Å²) in [6.07, 6.45) is 12.9. The van der Waals surface area contributed by atoms with Gasteiger partial charge >= 0.3 is 0 Å². The molecule has 0 spiro atoms. The maximum absolute atomic E-state index is 10.9. The molecule has 0 aromatic heterocycles. The van der Waals surface area contributed by atoms with E-state index in [1.807, 2.05) is 0 Å². The van der Waals surface area contributed by atoms with Crippen LogP contribution < -0.4 is 0 Å². The van der Waals surface area contributed by atoms with Crippen LogP contribution in [-0.4, -0.2) is 29.7 Å². The number of aliphatic hydroxyl groups excluding tert-OH is 1. The third kappa shape index (κ3) is 13.4. The zero-order valence-corrected chi connectivity index (χ0v) is 11.9. The lowest BCUT2D eigenvalue weighted by atomic mass is 10.1. The molecule has 4 nitrogen and oxygen atoms in total. The summed E-state index contributed by atoms with van der Waals surface area (Å²) in [6, 6.07) is 0. The molecule has 0 bridgehead atoms. The molecule has 4 heteroatoms. The molecule has 0 saturated carbocycles. The normalized spacial score (nSPS) is 12.0. The van der Waals surface area contributed by atoms with Crippen molar-refractivity contribution in [1.82, 2.24) is 0 Å². The molecule has 0 saturated heterocycles. The van der Waals surface area contributed by atoms with Crippen LogP contribution in [0.15, 0.2) is 5.11 Å². The van der Waals surface area contributed by atoms with Crippen LogP contribution in [-0.2, 0) is 0 Å². The zero-order chi connectivity index (χ0) is 13.5. The molecule has 0 aliphatic heterocycles. The maximum Gasteiger partial charge on any atom is 0.203 e. The minimum absolute atomic E-state index is 0.0950. The van der Waals surface area contributed by atoms with Crippen LogP contribution in [0.2, 0.25) is 0 Å². The molecule has 0 atom stereocenters. The molecule has 0 aromatic carbocycles. The van der Waals surface area contributed by atoms with Crippen LogP contribution >= 0.6 is 0 Å². The van der Waals surface area contributed by atoms with E-state index in [1.165, 1.54) is 51.4 Å². The number of rotatable bonds is 13. The zero-order valence-electron chi connectivity index (χ0n) is 11.9. The average molecular weight is 258 g/mol. The minimum Gasteiger partial charge on any atom is -0.600 e. The molecular weight excluding hydrogens is 228 g/mol. The van der Waals surface area contributed by atoms with Gasteiger partial charge in [0, 0.05) is 0 Å². The number of hydrogen-bond donors (Lipinski definition) is 1. The van der Waals surface area contributed by atoms with Crippen molar-refractivity contribution in [3.63, 3.8) is 0 Å². The summed E-state index contributed by atoms with van der Waals surface area (Å²) in [7, 11) is 0. The lowest BCUT2D eigenvalue weighted by Crippen LogP contribution is -2.07. The van der Waals surface area contributed by atoms with Crippen LogP contribution in [0.5, 0.6) is 0 Å². The van der Waals surface area contributed by atoms with Crippen LogP contribution in [0.4, 0.5) is 0 Å². The second-order valence-electron chi connectivity index (χ2n) is 4.85. The first-order valence-electron chi connectivity index (χ1n) is 7.54. The van der Waals surface area contributed by atoms with E-state index in [4.69, 9.17) is 5.11 Å². The van der Waals surface area contributed by atoms with Gasteiger partial charge in [0.1, 0.15) is 13.2 Å². The summed E-state index contributed by atoms with van der Waals surface area (Å²) >= 11 is 0. The lowest BCUT2D eigenvalue weighted by molar-refractivity contribution is -0.532. The molecule has 0 fully saturated rings. The highest BCUT2D eigenvalue weighted by Crippen LogP contribution is 2.10. The Bertz CT molecular complexity index is 196. The fraction of sp³-hybridized carbons (Fsp3) is 1.00. The number of azo groups is 1. The number of aliphatic hydroxyl groups is 1. The monoisotopic (exact) mass is 258 g/mol. The maximum atomic E-state index is 10.9. The Labute approximate surface area is 112 Å². The quantitative estimate of drug-likeness (QED) is 0.236. The second-order valence-corrected chi connectivity index (χ2v) is 4.85. The molecule has 0 unspecified atom stereocenters. The van der Waals surface area contributed by atoms with E-state index in [2.05, 4.69) is 12.0 Å². The van der Waals surface area contributed by atoms with E-state index in [-0.39, 0.29) is 13.2 Å². The van der Waals surface area contributed by atoms with Crippen LogP contribution in [0.3, 0.4) is 0 Å². The van der Waals surface area contributed by atoms with Gasteiger partial charge in [0.15, 0.2) is 0 Å². The third-order valence-electron chi connectivity index (χ3n) is 3.06. The SMILES string of the molecule is CCCCCCCCCCCCN=[N+]([O-])CCO. The van der Waals surface area contributed by atoms with E-state index in [0.717, 1.165) is 12.8 Å². The van der Waals surface area contributed by atoms with Crippen LogP contribution in [0.1, 0.15) is 71.1 Å². The average Bonchev–Trinajstić information content (AvgIpc) is 2.36. The van der Waals surface area contributed by atoms with E-state index < -0.39 is 0 Å². The van der Waals surface area contributed by atoms with Crippen LogP contribution in [0.25, 0.3) is 0 Å². The molecule has 108 valence electrons. The molecule has 0 aliphatic rings. The van der Waals surface area contributed by atoms with Gasteiger partial charge in [0.05, 0.1) is 0 Å². The molecule has 18 heavy (non-hydrogen) atoms. The predicted molar refractivity (Wildman–Crippen MR) is 74.7 cm³/mol. The summed E-state index contributed by atoms with van der Waals surface area (Å²) in [4.78, 5) is 0.591. The molecule has 0 heterocycles. The van der Waals surface area contributed by atoms with Crippen molar-refractivity contribution < 1.29 is 9.97 Å². The largest absolute Gasteiger partial charge is 0.600 e. The Morgan fingerprint density at radius 1 is 0.889 bits per heavy atom. The van der Waals surface area contributed by atoms with Gasteiger partial charge in [0.2, 0.25) is 6.54 Å². The summed E-state index contributed by atoms with van der Waals surface area (Å²) < 4.78 is 0. The van der Waals surface area contributed by atoms with Crippen molar-refractivity contribution in [1.29, 1.82) is 0 Å². The molecule has 0 amide bonds. The summed E-state index contributed by atoms with van der Waals surface area (Å²) in [6.45, 7) is 2.82. The standard InChI is InChI=1S/C14H30N2O2/c1-2-3-4-5-6-7-8-9-10-11-12-15-16(18)13-14-17/h17H,2-14H2,1H3. The van der Waals surface area contributed by atoms with Gasteiger partial charge in [-0.1, -0.05) is 69.6 Å². The minimum atomic E-state index is -0.120. The first-order chi connectivity index (χ1) is 8.81. The lowest BCUT2D eigenvalue weighted by Gasteiger charge is -2.01. The van der Waals surface area contributed by atoms with Gasteiger partial charge in [-0.2, -0.15) is 0 Å². The molecule has 0 aliphatic carbocycles. The second kappa shape index (κ2) is 14.4. The van der Waals surface area contributed by atoms with Crippen LogP contribution in [0, 0.1) is 5.21 Å². The van der Waals surface area contributed by atoms with E-state index >= 15 is 0 Å². The highest BCUT2D eigenvalue weighted by atomic mass is 16.5. The van der Waals surface area contributed by atoms with Gasteiger partial charge in [0.25, 0.3) is 0 Å². The summed E-state index contributed by atoms with van der Waals surface area (Å²) in [5.41, 5.74) is 0. The van der Waals surface area contributed by atoms with Gasteiger partial charge in [-0.05, 0) is 11.5 Å². The highest BCUT2D eigenvalue weighted by Gasteiger charge is 1.95. The Hall–Kier alpha value is -0.640. The first-order valence-corrected chi connectivity index (χ1v) is 7.54. The van der Waals surface area contributed by atoms with Gasteiger partial charge in [-0.3, -0.25) is 0 Å². The smallest absolute Gasteiger partial charge is 0.203 e. The molecule has 1 N–H and O–H groups in total. The van der Waals surface area contributed by atoms with Crippen molar-refractivity contribution in [2.45, 2.75) is 71.1 Å². The first kappa shape index (κ1) is 17.4. The highest BCUT2D eigenvalue weighted by molar-refractivity contribution is 4.48. The fourth-order valence-electron chi connectivity index (χ4n) is 1.94. The third-order valence-corrected chi connectivity index (χ3v) is 3.06. The van der Waals surface area contributed by atoms with Gasteiger partial charge in [-0.15, -0.1) is 0 Å². The summed E-state index contributed by atoms with van der Waals surface area (Å²) in [5.74, 6) is 0. The predicted octanol–water partition coefficient (Wildman–Crippen LogP) is 3.86. The molecular formula is C14H30N2O2. The van der Waals surface area contributed by atoms with Gasteiger partial charge < -0.3 is 10.3 Å². The topological polar surface area (TPSA) is 58.7 Å². The van der Waals surface area contributed by atoms with Gasteiger partial charge in [-0.25, -0.2) is 0 Å². The summed E-state index contributed by atoms with van der Waals surface area (Å²) in [5, 5.41) is 23.2. The number of unbranched alkanes of at least 4 members (excludes halogenated alkanes) is 9. The Balaban J connectivity index is 3.09. The Morgan fingerprint density at radius 2 is 1.39 bits per heavy atom. The van der Waals surface area contributed by atoms with E-state index in [1.54, 1.807) is 0 Å². The van der Waals surface area contributed by atoms with Crippen molar-refractivity contribution in [3.8, 4) is 0 Å².